The Morgan fingerprint density at radius 1 is 0.939 bits per heavy atom. The van der Waals surface area contributed by atoms with Gasteiger partial charge in [-0.25, -0.2) is 9.18 Å². The van der Waals surface area contributed by atoms with Gasteiger partial charge in [-0.2, -0.15) is 0 Å². The molecule has 0 radical (unpaired) electrons. The van der Waals surface area contributed by atoms with E-state index < -0.39 is 23.5 Å². The van der Waals surface area contributed by atoms with E-state index in [9.17, 15) is 14.7 Å². The summed E-state index contributed by atoms with van der Waals surface area (Å²) >= 11 is 13.4. The second-order valence-corrected chi connectivity index (χ2v) is 15.0. The molecule has 1 N–H and O–H groups in total. The van der Waals surface area contributed by atoms with E-state index in [-0.39, 0.29) is 57.5 Å². The van der Waals surface area contributed by atoms with Crippen molar-refractivity contribution in [3.8, 4) is 16.9 Å². The van der Waals surface area contributed by atoms with E-state index in [0.29, 0.717) is 48.9 Å². The van der Waals surface area contributed by atoms with E-state index in [0.717, 1.165) is 50.7 Å². The van der Waals surface area contributed by atoms with Crippen LogP contribution in [0, 0.1) is 11.2 Å². The third-order valence-electron chi connectivity index (χ3n) is 10.9. The molecule has 3 aromatic carbocycles. The van der Waals surface area contributed by atoms with E-state index in [1.54, 1.807) is 30.3 Å². The molecule has 2 spiro atoms. The Bertz CT molecular complexity index is 1850. The van der Waals surface area contributed by atoms with Crippen LogP contribution in [-0.4, -0.2) is 86.0 Å². The molecule has 256 valence electrons. The van der Waals surface area contributed by atoms with Crippen molar-refractivity contribution in [2.45, 2.75) is 50.1 Å². The van der Waals surface area contributed by atoms with Gasteiger partial charge in [0, 0.05) is 27.8 Å². The van der Waals surface area contributed by atoms with E-state index in [1.165, 1.54) is 4.90 Å². The Hall–Kier alpha value is -3.61. The van der Waals surface area contributed by atoms with Gasteiger partial charge in [-0.15, -0.1) is 0 Å². The van der Waals surface area contributed by atoms with E-state index in [4.69, 9.17) is 42.1 Å². The summed E-state index contributed by atoms with van der Waals surface area (Å²) in [5.41, 5.74) is 2.93. The van der Waals surface area contributed by atoms with Crippen molar-refractivity contribution >= 4 is 46.5 Å². The van der Waals surface area contributed by atoms with Gasteiger partial charge >= 0.3 is 5.97 Å². The third-order valence-corrected chi connectivity index (χ3v) is 11.5. The van der Waals surface area contributed by atoms with Crippen LogP contribution in [0.15, 0.2) is 42.5 Å². The fraction of sp³-hybridized carbons (Fsp3) is 0.444. The molecule has 2 bridgehead atoms. The van der Waals surface area contributed by atoms with Crippen LogP contribution in [0.3, 0.4) is 0 Å². The molecule has 4 saturated heterocycles. The quantitative estimate of drug-likeness (QED) is 0.332. The number of carbonyl (C=O) groups excluding carboxylic acids is 1. The number of aromatic carboxylic acids is 1. The number of ether oxygens (including phenoxy) is 4. The predicted molar refractivity (Wildman–Crippen MR) is 179 cm³/mol. The fourth-order valence-electron chi connectivity index (χ4n) is 7.91. The molecule has 3 aromatic rings. The first-order valence-corrected chi connectivity index (χ1v) is 17.4. The Morgan fingerprint density at radius 2 is 1.63 bits per heavy atom. The van der Waals surface area contributed by atoms with Gasteiger partial charge in [0.2, 0.25) is 5.79 Å². The first-order chi connectivity index (χ1) is 23.6. The average molecular weight is 711 g/mol. The minimum absolute atomic E-state index is 0.0284. The van der Waals surface area contributed by atoms with Crippen molar-refractivity contribution in [1.29, 1.82) is 0 Å². The molecule has 10 nitrogen and oxygen atoms in total. The zero-order valence-corrected chi connectivity index (χ0v) is 28.1. The van der Waals surface area contributed by atoms with Crippen LogP contribution < -0.4 is 14.5 Å². The summed E-state index contributed by atoms with van der Waals surface area (Å²) in [5.74, 6) is -2.43. The van der Waals surface area contributed by atoms with E-state index in [2.05, 4.69) is 9.80 Å². The van der Waals surface area contributed by atoms with E-state index in [1.807, 2.05) is 6.07 Å². The topological polar surface area (TPSA) is 101 Å². The molecule has 9 rings (SSSR count). The molecule has 5 fully saturated rings. The van der Waals surface area contributed by atoms with Crippen LogP contribution in [0.4, 0.5) is 15.8 Å². The Balaban J connectivity index is 0.952. The van der Waals surface area contributed by atoms with Gasteiger partial charge < -0.3 is 38.8 Å². The van der Waals surface area contributed by atoms with Gasteiger partial charge in [0.25, 0.3) is 5.91 Å². The minimum atomic E-state index is -1.19. The lowest BCUT2D eigenvalue weighted by molar-refractivity contribution is -0.297. The van der Waals surface area contributed by atoms with Crippen molar-refractivity contribution in [2.75, 3.05) is 56.0 Å². The highest BCUT2D eigenvalue weighted by Gasteiger charge is 2.56. The minimum Gasteiger partial charge on any atom is -0.478 e. The lowest BCUT2D eigenvalue weighted by Gasteiger charge is -2.53. The molecule has 2 atom stereocenters. The average Bonchev–Trinajstić information content (AvgIpc) is 3.79. The summed E-state index contributed by atoms with van der Waals surface area (Å²) in [4.78, 5) is 31.7. The SMILES string of the molecule is O=C(O)c1cc(F)c(-c2cccc3c2OCN(C(=O)c2c(Cl)cc(N4CC5(C4)OCC4(CC4)CO5)cc2Cl)C3)cc1N1C2CCC1COC2. The number of carboxylic acid groups (broad SMARTS) is 1. The van der Waals surface area contributed by atoms with Crippen molar-refractivity contribution < 1.29 is 38.0 Å². The summed E-state index contributed by atoms with van der Waals surface area (Å²) < 4.78 is 39.8. The van der Waals surface area contributed by atoms with Gasteiger partial charge in [-0.3, -0.25) is 4.79 Å². The van der Waals surface area contributed by atoms with Crippen LogP contribution in [0.2, 0.25) is 10.0 Å². The van der Waals surface area contributed by atoms with Gasteiger partial charge in [0.1, 0.15) is 11.6 Å². The number of benzene rings is 3. The smallest absolute Gasteiger partial charge is 0.337 e. The number of fused-ring (bicyclic) bond motifs is 3. The maximum atomic E-state index is 15.7. The third kappa shape index (κ3) is 5.24. The zero-order valence-electron chi connectivity index (χ0n) is 26.6. The number of carbonyl (C=O) groups is 2. The highest BCUT2D eigenvalue weighted by Crippen LogP contribution is 2.52. The number of hydrogen-bond donors (Lipinski definition) is 1. The van der Waals surface area contributed by atoms with Crippen molar-refractivity contribution in [1.82, 2.24) is 4.90 Å². The number of hydrogen-bond acceptors (Lipinski definition) is 8. The van der Waals surface area contributed by atoms with Crippen LogP contribution in [-0.2, 0) is 20.8 Å². The van der Waals surface area contributed by atoms with Crippen molar-refractivity contribution in [3.05, 3.63) is 75.0 Å². The molecule has 49 heavy (non-hydrogen) atoms. The first kappa shape index (κ1) is 31.4. The molecule has 0 aromatic heterocycles. The summed E-state index contributed by atoms with van der Waals surface area (Å²) in [6.45, 7) is 3.61. The highest BCUT2D eigenvalue weighted by molar-refractivity contribution is 6.40. The van der Waals surface area contributed by atoms with Gasteiger partial charge in [0.05, 0.1) is 85.0 Å². The molecule has 1 amide bonds. The molecule has 6 aliphatic rings. The van der Waals surface area contributed by atoms with Crippen LogP contribution in [0.5, 0.6) is 5.75 Å². The molecule has 1 saturated carbocycles. The molecular formula is C36H34Cl2FN3O7. The number of para-hydroxylation sites is 1. The second-order valence-electron chi connectivity index (χ2n) is 14.2. The fourth-order valence-corrected chi connectivity index (χ4v) is 8.55. The van der Waals surface area contributed by atoms with Gasteiger partial charge in [-0.05, 0) is 49.9 Å². The molecular weight excluding hydrogens is 676 g/mol. The molecule has 2 unspecified atom stereocenters. The molecule has 5 heterocycles. The summed E-state index contributed by atoms with van der Waals surface area (Å²) in [6.07, 6.45) is 4.06. The van der Waals surface area contributed by atoms with E-state index >= 15 is 4.39 Å². The predicted octanol–water partition coefficient (Wildman–Crippen LogP) is 6.20. The standard InChI is InChI=1S/C36H34Cl2FN3O7/c37-27-8-23(41-15-36(16-41)48-17-35(6-7-35)18-49-36)9-28(38)31(27)33(43)40-12-20-2-1-3-24(32(20)47-19-40)25-11-30(26(34(44)45)10-29(25)39)42-21-4-5-22(42)14-46-13-21/h1-3,8-11,21-22H,4-7,12-19H2,(H,44,45). The normalized spacial score (nSPS) is 24.4. The number of amides is 1. The Morgan fingerprint density at radius 3 is 2.29 bits per heavy atom. The number of rotatable bonds is 5. The number of morpholine rings is 1. The van der Waals surface area contributed by atoms with Crippen molar-refractivity contribution in [2.24, 2.45) is 5.41 Å². The summed E-state index contributed by atoms with van der Waals surface area (Å²) in [5, 5.41) is 10.4. The number of nitrogens with zero attached hydrogens (tertiary/aromatic N) is 3. The lowest BCUT2D eigenvalue weighted by atomic mass is 9.96. The number of halogens is 3. The Labute approximate surface area is 292 Å². The first-order valence-electron chi connectivity index (χ1n) is 16.6. The largest absolute Gasteiger partial charge is 0.478 e. The maximum absolute atomic E-state index is 15.7. The molecule has 13 heteroatoms. The number of anilines is 2. The van der Waals surface area contributed by atoms with Crippen molar-refractivity contribution in [3.63, 3.8) is 0 Å². The summed E-state index contributed by atoms with van der Waals surface area (Å²) in [7, 11) is 0. The summed E-state index contributed by atoms with van der Waals surface area (Å²) in [6, 6.07) is 11.6. The lowest BCUT2D eigenvalue weighted by Crippen LogP contribution is -2.67. The maximum Gasteiger partial charge on any atom is 0.337 e. The number of carboxylic acids is 1. The zero-order chi connectivity index (χ0) is 33.7. The van der Waals surface area contributed by atoms with Crippen LogP contribution in [0.25, 0.3) is 11.1 Å². The van der Waals surface area contributed by atoms with Crippen LogP contribution in [0.1, 0.15) is 52.0 Å². The second kappa shape index (κ2) is 11.5. The Kier molecular flexibility index (Phi) is 7.34. The molecule has 5 aliphatic heterocycles. The molecule has 1 aliphatic carbocycles. The van der Waals surface area contributed by atoms with Gasteiger partial charge in [0.15, 0.2) is 6.73 Å². The monoisotopic (exact) mass is 709 g/mol. The van der Waals surface area contributed by atoms with Gasteiger partial charge in [-0.1, -0.05) is 41.4 Å². The van der Waals surface area contributed by atoms with Crippen LogP contribution >= 0.6 is 23.2 Å². The highest BCUT2D eigenvalue weighted by atomic mass is 35.5.